The highest BCUT2D eigenvalue weighted by atomic mass is 35.7. The van der Waals surface area contributed by atoms with Gasteiger partial charge in [0.2, 0.25) is 5.88 Å². The highest BCUT2D eigenvalue weighted by Gasteiger charge is 2.12. The SMILES string of the molecule is COc1cc(S(=O)(=O)Cl)cc(C)n1. The van der Waals surface area contributed by atoms with Gasteiger partial charge in [-0.2, -0.15) is 0 Å². The number of aryl methyl sites for hydroxylation is 1. The summed E-state index contributed by atoms with van der Waals surface area (Å²) in [5.41, 5.74) is 0.540. The van der Waals surface area contributed by atoms with E-state index in [1.54, 1.807) is 6.92 Å². The monoisotopic (exact) mass is 221 g/mol. The van der Waals surface area contributed by atoms with E-state index in [2.05, 4.69) is 4.98 Å². The topological polar surface area (TPSA) is 56.3 Å². The molecule has 1 heterocycles. The Morgan fingerprint density at radius 1 is 1.46 bits per heavy atom. The van der Waals surface area contributed by atoms with Gasteiger partial charge in [0.05, 0.1) is 12.0 Å². The molecule has 0 aliphatic heterocycles. The molecule has 6 heteroatoms. The first kappa shape index (κ1) is 10.3. The predicted octanol–water partition coefficient (Wildman–Crippen LogP) is 1.33. The predicted molar refractivity (Wildman–Crippen MR) is 48.6 cm³/mol. The summed E-state index contributed by atoms with van der Waals surface area (Å²) in [5.74, 6) is 0.235. The number of ether oxygens (including phenoxy) is 1. The molecule has 0 spiro atoms. The van der Waals surface area contributed by atoms with Gasteiger partial charge < -0.3 is 4.74 Å². The zero-order chi connectivity index (χ0) is 10.1. The molecule has 4 nitrogen and oxygen atoms in total. The van der Waals surface area contributed by atoms with Gasteiger partial charge in [0.25, 0.3) is 9.05 Å². The fourth-order valence-electron chi connectivity index (χ4n) is 0.853. The van der Waals surface area contributed by atoms with E-state index < -0.39 is 9.05 Å². The number of aromatic nitrogens is 1. The molecular weight excluding hydrogens is 214 g/mol. The third kappa shape index (κ3) is 2.57. The molecule has 1 aromatic heterocycles. The van der Waals surface area contributed by atoms with Gasteiger partial charge in [-0.1, -0.05) is 0 Å². The van der Waals surface area contributed by atoms with Crippen molar-refractivity contribution >= 4 is 19.7 Å². The Kier molecular flexibility index (Phi) is 2.77. The second kappa shape index (κ2) is 3.51. The van der Waals surface area contributed by atoms with Crippen molar-refractivity contribution in [3.05, 3.63) is 17.8 Å². The molecule has 0 saturated carbocycles. The summed E-state index contributed by atoms with van der Waals surface area (Å²) in [4.78, 5) is 3.92. The van der Waals surface area contributed by atoms with Crippen LogP contribution in [0.2, 0.25) is 0 Å². The lowest BCUT2D eigenvalue weighted by atomic mass is 10.4. The van der Waals surface area contributed by atoms with Gasteiger partial charge in [0.1, 0.15) is 0 Å². The van der Waals surface area contributed by atoms with Crippen LogP contribution >= 0.6 is 10.7 Å². The van der Waals surface area contributed by atoms with Crippen molar-refractivity contribution in [1.29, 1.82) is 0 Å². The Morgan fingerprint density at radius 3 is 2.54 bits per heavy atom. The van der Waals surface area contributed by atoms with E-state index in [0.29, 0.717) is 5.69 Å². The van der Waals surface area contributed by atoms with Crippen LogP contribution in [0.15, 0.2) is 17.0 Å². The van der Waals surface area contributed by atoms with Crippen molar-refractivity contribution in [2.45, 2.75) is 11.8 Å². The fraction of sp³-hybridized carbons (Fsp3) is 0.286. The Morgan fingerprint density at radius 2 is 2.08 bits per heavy atom. The average Bonchev–Trinajstić information content (AvgIpc) is 2.01. The summed E-state index contributed by atoms with van der Waals surface area (Å²) in [7, 11) is 2.85. The molecule has 0 saturated heterocycles. The van der Waals surface area contributed by atoms with Crippen LogP contribution in [0, 0.1) is 6.92 Å². The average molecular weight is 222 g/mol. The molecule has 1 rings (SSSR count). The van der Waals surface area contributed by atoms with Crippen molar-refractivity contribution in [3.63, 3.8) is 0 Å². The number of rotatable bonds is 2. The largest absolute Gasteiger partial charge is 0.481 e. The lowest BCUT2D eigenvalue weighted by molar-refractivity contribution is 0.395. The summed E-state index contributed by atoms with van der Waals surface area (Å²) in [5, 5.41) is 0. The van der Waals surface area contributed by atoms with Crippen LogP contribution in [0.3, 0.4) is 0 Å². The van der Waals surface area contributed by atoms with Crippen LogP contribution in [-0.4, -0.2) is 20.5 Å². The Balaban J connectivity index is 3.33. The summed E-state index contributed by atoms with van der Waals surface area (Å²) in [6, 6.07) is 2.65. The van der Waals surface area contributed by atoms with E-state index in [0.717, 1.165) is 0 Å². The van der Waals surface area contributed by atoms with Gasteiger partial charge in [-0.15, -0.1) is 0 Å². The van der Waals surface area contributed by atoms with Gasteiger partial charge in [-0.05, 0) is 13.0 Å². The Labute approximate surface area is 80.9 Å². The van der Waals surface area contributed by atoms with E-state index >= 15 is 0 Å². The third-order valence-electron chi connectivity index (χ3n) is 1.39. The molecule has 0 atom stereocenters. The van der Waals surface area contributed by atoms with Crippen LogP contribution in [0.5, 0.6) is 5.88 Å². The lowest BCUT2D eigenvalue weighted by Gasteiger charge is -2.02. The zero-order valence-corrected chi connectivity index (χ0v) is 8.69. The molecule has 72 valence electrons. The Hall–Kier alpha value is -0.810. The minimum atomic E-state index is -3.71. The van der Waals surface area contributed by atoms with E-state index in [1.807, 2.05) is 0 Å². The molecule has 0 aromatic carbocycles. The maximum atomic E-state index is 10.9. The molecule has 0 aliphatic carbocycles. The summed E-state index contributed by atoms with van der Waals surface area (Å²) in [6.07, 6.45) is 0. The molecule has 13 heavy (non-hydrogen) atoms. The maximum absolute atomic E-state index is 10.9. The highest BCUT2D eigenvalue weighted by molar-refractivity contribution is 8.13. The van der Waals surface area contributed by atoms with E-state index in [1.165, 1.54) is 19.2 Å². The summed E-state index contributed by atoms with van der Waals surface area (Å²) >= 11 is 0. The lowest BCUT2D eigenvalue weighted by Crippen LogP contribution is -1.96. The van der Waals surface area contributed by atoms with E-state index in [9.17, 15) is 8.42 Å². The minimum absolute atomic E-state index is 0.00137. The van der Waals surface area contributed by atoms with E-state index in [-0.39, 0.29) is 10.8 Å². The second-order valence-corrected chi connectivity index (χ2v) is 4.99. The number of hydrogen-bond acceptors (Lipinski definition) is 4. The van der Waals surface area contributed by atoms with Crippen molar-refractivity contribution in [2.75, 3.05) is 7.11 Å². The summed E-state index contributed by atoms with van der Waals surface area (Å²) < 4.78 is 26.7. The van der Waals surface area contributed by atoms with Crippen LogP contribution < -0.4 is 4.74 Å². The van der Waals surface area contributed by atoms with Gasteiger partial charge in [0.15, 0.2) is 0 Å². The van der Waals surface area contributed by atoms with Crippen molar-refractivity contribution in [2.24, 2.45) is 0 Å². The molecule has 0 fully saturated rings. The highest BCUT2D eigenvalue weighted by Crippen LogP contribution is 2.19. The van der Waals surface area contributed by atoms with Crippen LogP contribution in [0.1, 0.15) is 5.69 Å². The quantitative estimate of drug-likeness (QED) is 0.707. The number of nitrogens with zero attached hydrogens (tertiary/aromatic N) is 1. The second-order valence-electron chi connectivity index (χ2n) is 2.42. The van der Waals surface area contributed by atoms with Crippen LogP contribution in [-0.2, 0) is 9.05 Å². The van der Waals surface area contributed by atoms with Gasteiger partial charge in [-0.3, -0.25) is 0 Å². The molecule has 0 aliphatic rings. The standard InChI is InChI=1S/C7H8ClNO3S/c1-5-3-6(13(8,10)11)4-7(9-5)12-2/h3-4H,1-2H3. The molecule has 0 bridgehead atoms. The number of hydrogen-bond donors (Lipinski definition) is 0. The van der Waals surface area contributed by atoms with Gasteiger partial charge in [-0.25, -0.2) is 13.4 Å². The van der Waals surface area contributed by atoms with Crippen molar-refractivity contribution < 1.29 is 13.2 Å². The number of halogens is 1. The molecule has 0 radical (unpaired) electrons. The fourth-order valence-corrected chi connectivity index (χ4v) is 1.67. The first-order valence-electron chi connectivity index (χ1n) is 3.41. The van der Waals surface area contributed by atoms with Crippen molar-refractivity contribution in [1.82, 2.24) is 4.98 Å². The molecule has 0 N–H and O–H groups in total. The summed E-state index contributed by atoms with van der Waals surface area (Å²) in [6.45, 7) is 1.66. The Bertz CT molecular complexity index is 416. The smallest absolute Gasteiger partial charge is 0.261 e. The van der Waals surface area contributed by atoms with Gasteiger partial charge in [0, 0.05) is 22.4 Å². The van der Waals surface area contributed by atoms with E-state index in [4.69, 9.17) is 15.4 Å². The first-order valence-corrected chi connectivity index (χ1v) is 5.72. The number of pyridine rings is 1. The van der Waals surface area contributed by atoms with Gasteiger partial charge >= 0.3 is 0 Å². The molecule has 1 aromatic rings. The van der Waals surface area contributed by atoms with Crippen LogP contribution in [0.25, 0.3) is 0 Å². The number of methoxy groups -OCH3 is 1. The van der Waals surface area contributed by atoms with Crippen molar-refractivity contribution in [3.8, 4) is 5.88 Å². The zero-order valence-electron chi connectivity index (χ0n) is 7.11. The third-order valence-corrected chi connectivity index (χ3v) is 2.73. The molecule has 0 unspecified atom stereocenters. The maximum Gasteiger partial charge on any atom is 0.261 e. The van der Waals surface area contributed by atoms with Crippen LogP contribution in [0.4, 0.5) is 0 Å². The minimum Gasteiger partial charge on any atom is -0.481 e. The molecule has 0 amide bonds. The molecular formula is C7H8ClNO3S. The normalized spacial score (nSPS) is 11.3. The first-order chi connectivity index (χ1) is 5.93.